The summed E-state index contributed by atoms with van der Waals surface area (Å²) in [5, 5.41) is 4.39. The predicted molar refractivity (Wildman–Crippen MR) is 86.1 cm³/mol. The highest BCUT2D eigenvalue weighted by atomic mass is 15.1. The van der Waals surface area contributed by atoms with E-state index in [0.717, 1.165) is 0 Å². The third-order valence-electron chi connectivity index (χ3n) is 3.50. The summed E-state index contributed by atoms with van der Waals surface area (Å²) in [5.41, 5.74) is 12.0. The molecule has 2 aromatic rings. The van der Waals surface area contributed by atoms with Crippen molar-refractivity contribution in [1.29, 1.82) is 0 Å². The Morgan fingerprint density at radius 2 is 2.00 bits per heavy atom. The van der Waals surface area contributed by atoms with Crippen molar-refractivity contribution >= 4 is 16.9 Å². The molecule has 0 saturated carbocycles. The number of guanidine groups is 1. The third-order valence-corrected chi connectivity index (χ3v) is 3.50. The van der Waals surface area contributed by atoms with E-state index in [0.29, 0.717) is 18.5 Å². The summed E-state index contributed by atoms with van der Waals surface area (Å²) in [4.78, 5) is 7.88. The second-order valence-electron chi connectivity index (χ2n) is 5.72. The molecule has 2 rings (SSSR count). The number of hydrogen-bond acceptors (Lipinski definition) is 1. The average molecular weight is 272 g/mol. The van der Waals surface area contributed by atoms with Crippen LogP contribution < -0.4 is 11.1 Å². The average Bonchev–Trinajstić information content (AvgIpc) is 2.63. The van der Waals surface area contributed by atoms with Crippen molar-refractivity contribution in [2.75, 3.05) is 0 Å². The Kier molecular flexibility index (Phi) is 4.02. The Morgan fingerprint density at radius 3 is 2.65 bits per heavy atom. The van der Waals surface area contributed by atoms with Gasteiger partial charge in [0.1, 0.15) is 0 Å². The second kappa shape index (κ2) is 5.57. The van der Waals surface area contributed by atoms with Crippen LogP contribution in [0.25, 0.3) is 10.9 Å². The fourth-order valence-electron chi connectivity index (χ4n) is 2.42. The van der Waals surface area contributed by atoms with Crippen molar-refractivity contribution in [3.63, 3.8) is 0 Å². The molecule has 1 aromatic carbocycles. The van der Waals surface area contributed by atoms with Gasteiger partial charge >= 0.3 is 0 Å². The zero-order valence-electron chi connectivity index (χ0n) is 13.0. The maximum atomic E-state index is 5.87. The third kappa shape index (κ3) is 2.95. The lowest BCUT2D eigenvalue weighted by atomic mass is 10.0. The van der Waals surface area contributed by atoms with E-state index in [-0.39, 0.29) is 0 Å². The van der Waals surface area contributed by atoms with Gasteiger partial charge in [0.15, 0.2) is 5.96 Å². The van der Waals surface area contributed by atoms with Gasteiger partial charge in [-0.3, -0.25) is 0 Å². The van der Waals surface area contributed by atoms with E-state index < -0.39 is 0 Å². The van der Waals surface area contributed by atoms with Crippen molar-refractivity contribution in [1.82, 2.24) is 10.3 Å². The molecule has 20 heavy (non-hydrogen) atoms. The molecule has 0 aliphatic rings. The summed E-state index contributed by atoms with van der Waals surface area (Å²) in [6, 6.07) is 4.69. The van der Waals surface area contributed by atoms with Gasteiger partial charge in [-0.15, -0.1) is 0 Å². The SMILES string of the molecule is Cc1cc(CN=C(N)NC(C)C)c2[nH]c(C)c(C)c2c1. The summed E-state index contributed by atoms with van der Waals surface area (Å²) in [6.45, 7) is 11.0. The standard InChI is InChI=1S/C16H24N4/c1-9(2)19-16(17)18-8-13-6-10(3)7-14-11(4)12(5)20-15(13)14/h6-7,9,20H,8H2,1-5H3,(H3,17,18,19). The first kappa shape index (κ1) is 14.4. The molecule has 4 heteroatoms. The number of aromatic nitrogens is 1. The Bertz CT molecular complexity index is 650. The van der Waals surface area contributed by atoms with Gasteiger partial charge in [0.25, 0.3) is 0 Å². The van der Waals surface area contributed by atoms with Crippen molar-refractivity contribution in [3.05, 3.63) is 34.5 Å². The number of nitrogens with two attached hydrogens (primary N) is 1. The summed E-state index contributed by atoms with van der Waals surface area (Å²) in [6.07, 6.45) is 0. The minimum Gasteiger partial charge on any atom is -0.370 e. The number of fused-ring (bicyclic) bond motifs is 1. The molecule has 0 unspecified atom stereocenters. The maximum absolute atomic E-state index is 5.87. The van der Waals surface area contributed by atoms with Crippen molar-refractivity contribution in [2.45, 2.75) is 47.2 Å². The smallest absolute Gasteiger partial charge is 0.189 e. The number of benzene rings is 1. The fourth-order valence-corrected chi connectivity index (χ4v) is 2.42. The molecule has 0 aliphatic heterocycles. The molecule has 0 radical (unpaired) electrons. The summed E-state index contributed by atoms with van der Waals surface area (Å²) in [7, 11) is 0. The molecule has 0 fully saturated rings. The molecule has 0 saturated heterocycles. The highest BCUT2D eigenvalue weighted by Gasteiger charge is 2.09. The van der Waals surface area contributed by atoms with Crippen LogP contribution in [0.2, 0.25) is 0 Å². The Balaban J connectivity index is 2.37. The highest BCUT2D eigenvalue weighted by molar-refractivity contribution is 5.88. The highest BCUT2D eigenvalue weighted by Crippen LogP contribution is 2.26. The molecule has 1 heterocycles. The predicted octanol–water partition coefficient (Wildman–Crippen LogP) is 2.91. The number of rotatable bonds is 3. The van der Waals surface area contributed by atoms with Crippen LogP contribution in [0, 0.1) is 20.8 Å². The molecule has 0 bridgehead atoms. The maximum Gasteiger partial charge on any atom is 0.189 e. The van der Waals surface area contributed by atoms with Crippen LogP contribution >= 0.6 is 0 Å². The molecule has 4 N–H and O–H groups in total. The van der Waals surface area contributed by atoms with Crippen molar-refractivity contribution in [2.24, 2.45) is 10.7 Å². The lowest BCUT2D eigenvalue weighted by Crippen LogP contribution is -2.36. The normalized spacial score (nSPS) is 12.4. The molecule has 1 aromatic heterocycles. The second-order valence-corrected chi connectivity index (χ2v) is 5.72. The lowest BCUT2D eigenvalue weighted by molar-refractivity contribution is 0.723. The minimum absolute atomic E-state index is 0.297. The number of nitrogens with zero attached hydrogens (tertiary/aromatic N) is 1. The first-order chi connectivity index (χ1) is 9.38. The summed E-state index contributed by atoms with van der Waals surface area (Å²) < 4.78 is 0. The Hall–Kier alpha value is -1.97. The van der Waals surface area contributed by atoms with Crippen LogP contribution in [0.15, 0.2) is 17.1 Å². The van der Waals surface area contributed by atoms with Crippen LogP contribution in [0.4, 0.5) is 0 Å². The fraction of sp³-hybridized carbons (Fsp3) is 0.438. The number of hydrogen-bond donors (Lipinski definition) is 3. The number of nitrogens with one attached hydrogen (secondary N) is 2. The van der Waals surface area contributed by atoms with Gasteiger partial charge in [0.05, 0.1) is 12.1 Å². The zero-order valence-corrected chi connectivity index (χ0v) is 13.0. The molecule has 0 amide bonds. The molecule has 0 aliphatic carbocycles. The number of H-pyrrole nitrogens is 1. The van der Waals surface area contributed by atoms with Gasteiger partial charge in [-0.1, -0.05) is 11.6 Å². The number of aliphatic imine (C=N–C) groups is 1. The van der Waals surface area contributed by atoms with E-state index in [1.165, 1.54) is 33.3 Å². The van der Waals surface area contributed by atoms with Crippen LogP contribution in [0.5, 0.6) is 0 Å². The van der Waals surface area contributed by atoms with Gasteiger partial charge in [-0.2, -0.15) is 0 Å². The van der Waals surface area contributed by atoms with E-state index in [1.54, 1.807) is 0 Å². The molecular weight excluding hydrogens is 248 g/mol. The summed E-state index contributed by atoms with van der Waals surface area (Å²) >= 11 is 0. The van der Waals surface area contributed by atoms with Crippen molar-refractivity contribution in [3.8, 4) is 0 Å². The number of aromatic amines is 1. The monoisotopic (exact) mass is 272 g/mol. The van der Waals surface area contributed by atoms with Crippen molar-refractivity contribution < 1.29 is 0 Å². The van der Waals surface area contributed by atoms with Gasteiger partial charge in [-0.25, -0.2) is 4.99 Å². The van der Waals surface area contributed by atoms with E-state index in [2.05, 4.69) is 48.2 Å². The molecule has 108 valence electrons. The summed E-state index contributed by atoms with van der Waals surface area (Å²) in [5.74, 6) is 0.495. The van der Waals surface area contributed by atoms with E-state index in [1.807, 2.05) is 13.8 Å². The Labute approximate surface area is 120 Å². The molecule has 4 nitrogen and oxygen atoms in total. The van der Waals surface area contributed by atoms with Gasteiger partial charge in [0.2, 0.25) is 0 Å². The quantitative estimate of drug-likeness (QED) is 0.594. The largest absolute Gasteiger partial charge is 0.370 e. The van der Waals surface area contributed by atoms with Gasteiger partial charge < -0.3 is 16.0 Å². The van der Waals surface area contributed by atoms with Gasteiger partial charge in [-0.05, 0) is 51.8 Å². The molecule has 0 atom stereocenters. The minimum atomic E-state index is 0.297. The van der Waals surface area contributed by atoms with Crippen LogP contribution in [-0.2, 0) is 6.54 Å². The van der Waals surface area contributed by atoms with Crippen LogP contribution in [-0.4, -0.2) is 17.0 Å². The topological polar surface area (TPSA) is 66.2 Å². The lowest BCUT2D eigenvalue weighted by Gasteiger charge is -2.09. The zero-order chi connectivity index (χ0) is 14.9. The van der Waals surface area contributed by atoms with Crippen LogP contribution in [0.1, 0.15) is 36.2 Å². The van der Waals surface area contributed by atoms with E-state index >= 15 is 0 Å². The Morgan fingerprint density at radius 1 is 1.30 bits per heavy atom. The van der Waals surface area contributed by atoms with E-state index in [4.69, 9.17) is 5.73 Å². The van der Waals surface area contributed by atoms with Gasteiger partial charge in [0, 0.05) is 17.1 Å². The number of aryl methyl sites for hydroxylation is 3. The van der Waals surface area contributed by atoms with Crippen LogP contribution in [0.3, 0.4) is 0 Å². The first-order valence-electron chi connectivity index (χ1n) is 7.03. The van der Waals surface area contributed by atoms with E-state index in [9.17, 15) is 0 Å². The molecule has 0 spiro atoms. The first-order valence-corrected chi connectivity index (χ1v) is 7.03. The molecular formula is C16H24N4.